The number of para-hydroxylation sites is 1. The van der Waals surface area contributed by atoms with Crippen LogP contribution in [-0.2, 0) is 0 Å². The van der Waals surface area contributed by atoms with E-state index in [-0.39, 0.29) is 0 Å². The molecule has 0 bridgehead atoms. The predicted molar refractivity (Wildman–Crippen MR) is 88.7 cm³/mol. The summed E-state index contributed by atoms with van der Waals surface area (Å²) in [4.78, 5) is 9.31. The number of hydrogen-bond donors (Lipinski definition) is 2. The molecule has 0 spiro atoms. The molecule has 2 N–H and O–H groups in total. The number of rotatable bonds is 5. The van der Waals surface area contributed by atoms with Crippen LogP contribution in [0.4, 0.5) is 11.8 Å². The summed E-state index contributed by atoms with van der Waals surface area (Å²) in [6, 6.07) is 8.76. The van der Waals surface area contributed by atoms with Gasteiger partial charge < -0.3 is 10.6 Å². The largest absolute Gasteiger partial charge is 0.366 e. The van der Waals surface area contributed by atoms with Crippen LogP contribution in [0, 0.1) is 5.92 Å². The maximum Gasteiger partial charge on any atom is 0.225 e. The van der Waals surface area contributed by atoms with Gasteiger partial charge in [-0.2, -0.15) is 4.98 Å². The van der Waals surface area contributed by atoms with Gasteiger partial charge in [-0.3, -0.25) is 0 Å². The van der Waals surface area contributed by atoms with Crippen molar-refractivity contribution in [2.75, 3.05) is 17.2 Å². The van der Waals surface area contributed by atoms with Gasteiger partial charge in [0.15, 0.2) is 0 Å². The average molecular weight is 284 g/mol. The van der Waals surface area contributed by atoms with Crippen LogP contribution in [0.5, 0.6) is 0 Å². The topological polar surface area (TPSA) is 49.8 Å². The van der Waals surface area contributed by atoms with Gasteiger partial charge in [-0.1, -0.05) is 32.4 Å². The first-order chi connectivity index (χ1) is 10.3. The Morgan fingerprint density at radius 3 is 2.81 bits per heavy atom. The van der Waals surface area contributed by atoms with Gasteiger partial charge in [-0.15, -0.1) is 0 Å². The quantitative estimate of drug-likeness (QED) is 0.869. The van der Waals surface area contributed by atoms with Crippen LogP contribution in [0.15, 0.2) is 24.3 Å². The maximum atomic E-state index is 4.70. The lowest BCUT2D eigenvalue weighted by molar-refractivity contribution is 0.555. The Balaban J connectivity index is 1.93. The van der Waals surface area contributed by atoms with Gasteiger partial charge in [0, 0.05) is 18.0 Å². The number of fused-ring (bicyclic) bond motifs is 1. The Kier molecular flexibility index (Phi) is 4.23. The van der Waals surface area contributed by atoms with E-state index in [1.165, 1.54) is 19.3 Å². The van der Waals surface area contributed by atoms with E-state index in [1.54, 1.807) is 0 Å². The molecule has 3 rings (SSSR count). The zero-order chi connectivity index (χ0) is 14.7. The van der Waals surface area contributed by atoms with Gasteiger partial charge in [-0.25, -0.2) is 4.98 Å². The van der Waals surface area contributed by atoms with Gasteiger partial charge in [0.2, 0.25) is 5.95 Å². The van der Waals surface area contributed by atoms with Crippen LogP contribution >= 0.6 is 0 Å². The number of aromatic nitrogens is 2. The summed E-state index contributed by atoms with van der Waals surface area (Å²) < 4.78 is 0. The van der Waals surface area contributed by atoms with Crippen LogP contribution in [0.25, 0.3) is 10.9 Å². The number of benzene rings is 1. The van der Waals surface area contributed by atoms with Crippen LogP contribution < -0.4 is 10.6 Å². The number of hydrogen-bond acceptors (Lipinski definition) is 4. The van der Waals surface area contributed by atoms with Gasteiger partial charge in [-0.05, 0) is 37.3 Å². The van der Waals surface area contributed by atoms with Gasteiger partial charge in [0.1, 0.15) is 5.82 Å². The van der Waals surface area contributed by atoms with Crippen molar-refractivity contribution in [3.05, 3.63) is 24.3 Å². The van der Waals surface area contributed by atoms with Crippen LogP contribution in [0.1, 0.15) is 39.5 Å². The molecule has 112 valence electrons. The summed E-state index contributed by atoms with van der Waals surface area (Å²) in [5.41, 5.74) is 0.999. The van der Waals surface area contributed by atoms with Crippen molar-refractivity contribution in [1.29, 1.82) is 0 Å². The summed E-state index contributed by atoms with van der Waals surface area (Å²) in [7, 11) is 0. The van der Waals surface area contributed by atoms with Crippen molar-refractivity contribution in [3.8, 4) is 0 Å². The molecule has 1 heterocycles. The molecule has 0 saturated heterocycles. The highest BCUT2D eigenvalue weighted by Crippen LogP contribution is 2.30. The van der Waals surface area contributed by atoms with Crippen molar-refractivity contribution >= 4 is 22.7 Å². The summed E-state index contributed by atoms with van der Waals surface area (Å²) in [6.07, 6.45) is 4.92. The Morgan fingerprint density at radius 1 is 1.19 bits per heavy atom. The minimum Gasteiger partial charge on any atom is -0.366 e. The zero-order valence-corrected chi connectivity index (χ0v) is 12.9. The molecule has 1 aliphatic rings. The predicted octanol–water partition coefficient (Wildman–Crippen LogP) is 4.05. The van der Waals surface area contributed by atoms with E-state index in [0.29, 0.717) is 12.0 Å². The second kappa shape index (κ2) is 6.29. The fourth-order valence-electron chi connectivity index (χ4n) is 3.04. The van der Waals surface area contributed by atoms with E-state index in [2.05, 4.69) is 41.6 Å². The smallest absolute Gasteiger partial charge is 0.225 e. The zero-order valence-electron chi connectivity index (χ0n) is 12.9. The van der Waals surface area contributed by atoms with Crippen molar-refractivity contribution in [2.45, 2.75) is 45.6 Å². The van der Waals surface area contributed by atoms with E-state index in [0.717, 1.165) is 35.6 Å². The molecular formula is C17H24N4. The lowest BCUT2D eigenvalue weighted by Gasteiger charge is -2.19. The molecule has 21 heavy (non-hydrogen) atoms. The standard InChI is InChI=1S/C17H24N4/c1-3-11-18-17-20-15-9-5-4-8-13(15)16(21-17)19-14-10-6-7-12(14)2/h4-5,8-9,12,14H,3,6-7,10-11H2,1-2H3,(H2,18,19,20,21). The molecule has 1 fully saturated rings. The monoisotopic (exact) mass is 284 g/mol. The van der Waals surface area contributed by atoms with E-state index in [9.17, 15) is 0 Å². The van der Waals surface area contributed by atoms with Crippen molar-refractivity contribution < 1.29 is 0 Å². The highest BCUT2D eigenvalue weighted by atomic mass is 15.1. The maximum absolute atomic E-state index is 4.70. The van der Waals surface area contributed by atoms with E-state index < -0.39 is 0 Å². The molecule has 0 radical (unpaired) electrons. The highest BCUT2D eigenvalue weighted by molar-refractivity contribution is 5.90. The molecule has 4 nitrogen and oxygen atoms in total. The lowest BCUT2D eigenvalue weighted by atomic mass is 10.1. The van der Waals surface area contributed by atoms with Crippen LogP contribution in [0.2, 0.25) is 0 Å². The molecule has 1 aromatic carbocycles. The Bertz CT molecular complexity index is 611. The van der Waals surface area contributed by atoms with Crippen molar-refractivity contribution in [3.63, 3.8) is 0 Å². The van der Waals surface area contributed by atoms with Crippen molar-refractivity contribution in [1.82, 2.24) is 9.97 Å². The number of anilines is 2. The molecule has 1 aliphatic carbocycles. The third kappa shape index (κ3) is 3.09. The number of nitrogens with one attached hydrogen (secondary N) is 2. The highest BCUT2D eigenvalue weighted by Gasteiger charge is 2.24. The van der Waals surface area contributed by atoms with E-state index in [4.69, 9.17) is 4.98 Å². The molecule has 2 aromatic rings. The first-order valence-electron chi connectivity index (χ1n) is 8.05. The summed E-state index contributed by atoms with van der Waals surface area (Å²) in [6.45, 7) is 5.37. The van der Waals surface area contributed by atoms with E-state index in [1.807, 2.05) is 12.1 Å². The van der Waals surface area contributed by atoms with Gasteiger partial charge in [0.05, 0.1) is 5.52 Å². The lowest BCUT2D eigenvalue weighted by Crippen LogP contribution is -2.23. The van der Waals surface area contributed by atoms with Gasteiger partial charge in [0.25, 0.3) is 0 Å². The second-order valence-corrected chi connectivity index (χ2v) is 6.00. The molecule has 1 aromatic heterocycles. The Labute approximate surface area is 126 Å². The van der Waals surface area contributed by atoms with Crippen LogP contribution in [0.3, 0.4) is 0 Å². The Morgan fingerprint density at radius 2 is 2.05 bits per heavy atom. The molecule has 1 saturated carbocycles. The fourth-order valence-corrected chi connectivity index (χ4v) is 3.04. The minimum absolute atomic E-state index is 0.530. The molecule has 2 atom stereocenters. The average Bonchev–Trinajstić information content (AvgIpc) is 2.90. The second-order valence-electron chi connectivity index (χ2n) is 6.00. The summed E-state index contributed by atoms with van der Waals surface area (Å²) in [5.74, 6) is 2.41. The minimum atomic E-state index is 0.530. The molecule has 0 aliphatic heterocycles. The van der Waals surface area contributed by atoms with Crippen molar-refractivity contribution in [2.24, 2.45) is 5.92 Å². The van der Waals surface area contributed by atoms with Gasteiger partial charge >= 0.3 is 0 Å². The van der Waals surface area contributed by atoms with Crippen LogP contribution in [-0.4, -0.2) is 22.6 Å². The molecule has 4 heteroatoms. The summed E-state index contributed by atoms with van der Waals surface area (Å²) in [5, 5.41) is 8.07. The third-order valence-corrected chi connectivity index (χ3v) is 4.32. The first-order valence-corrected chi connectivity index (χ1v) is 8.05. The number of nitrogens with zero attached hydrogens (tertiary/aromatic N) is 2. The molecular weight excluding hydrogens is 260 g/mol. The molecule has 0 amide bonds. The first kappa shape index (κ1) is 14.1. The molecule has 2 unspecified atom stereocenters. The SMILES string of the molecule is CCCNc1nc(NC2CCCC2C)c2ccccc2n1. The summed E-state index contributed by atoms with van der Waals surface area (Å²) >= 11 is 0. The third-order valence-electron chi connectivity index (χ3n) is 4.32. The normalized spacial score (nSPS) is 21.6. The fraction of sp³-hybridized carbons (Fsp3) is 0.529. The van der Waals surface area contributed by atoms with E-state index >= 15 is 0 Å². The Hall–Kier alpha value is -1.84.